The third-order valence-electron chi connectivity index (χ3n) is 6.18. The van der Waals surface area contributed by atoms with Gasteiger partial charge in [-0.05, 0) is 55.0 Å². The van der Waals surface area contributed by atoms with Gasteiger partial charge in [-0.1, -0.05) is 42.1 Å². The number of benzene rings is 2. The Morgan fingerprint density at radius 3 is 2.68 bits per heavy atom. The first-order valence-corrected chi connectivity index (χ1v) is 12.2. The number of rotatable bonds is 8. The van der Waals surface area contributed by atoms with E-state index in [1.165, 1.54) is 30.5 Å². The van der Waals surface area contributed by atoms with E-state index in [-0.39, 0.29) is 5.82 Å². The Kier molecular flexibility index (Phi) is 8.00. The van der Waals surface area contributed by atoms with Crippen LogP contribution in [-0.4, -0.2) is 60.9 Å². The number of hydrogen-bond donors (Lipinski definition) is 0. The van der Waals surface area contributed by atoms with Gasteiger partial charge in [-0.2, -0.15) is 0 Å². The van der Waals surface area contributed by atoms with E-state index < -0.39 is 0 Å². The maximum absolute atomic E-state index is 12.9. The zero-order valence-corrected chi connectivity index (χ0v) is 19.1. The molecule has 0 radical (unpaired) electrons. The lowest BCUT2D eigenvalue weighted by atomic mass is 10.0. The molecule has 2 heterocycles. The first-order chi connectivity index (χ1) is 15.2. The van der Waals surface area contributed by atoms with E-state index in [2.05, 4.69) is 41.1 Å². The van der Waals surface area contributed by atoms with Gasteiger partial charge < -0.3 is 14.5 Å². The summed E-state index contributed by atoms with van der Waals surface area (Å²) in [4.78, 5) is 9.85. The first kappa shape index (κ1) is 22.3. The molecule has 0 saturated carbocycles. The Bertz CT molecular complexity index is 865. The van der Waals surface area contributed by atoms with Crippen LogP contribution in [0.5, 0.6) is 0 Å². The smallest absolute Gasteiger partial charge is 0.164 e. The van der Waals surface area contributed by atoms with Crippen LogP contribution in [0.3, 0.4) is 0 Å². The second-order valence-corrected chi connectivity index (χ2v) is 9.28. The van der Waals surface area contributed by atoms with Crippen molar-refractivity contribution in [3.05, 3.63) is 65.5 Å². The molecule has 0 N–H and O–H groups in total. The topological polar surface area (TPSA) is 28.1 Å². The molecule has 6 heteroatoms. The van der Waals surface area contributed by atoms with Crippen molar-refractivity contribution in [1.82, 2.24) is 9.80 Å². The molecule has 31 heavy (non-hydrogen) atoms. The van der Waals surface area contributed by atoms with Gasteiger partial charge in [-0.3, -0.25) is 0 Å². The third-order valence-corrected chi connectivity index (χ3v) is 7.28. The Labute approximate surface area is 189 Å². The van der Waals surface area contributed by atoms with E-state index in [0.29, 0.717) is 12.6 Å². The molecule has 0 amide bonds. The minimum absolute atomic E-state index is 0.185. The monoisotopic (exact) mass is 441 g/mol. The molecule has 1 saturated heterocycles. The number of fused-ring (bicyclic) bond motifs is 1. The van der Waals surface area contributed by atoms with Gasteiger partial charge in [0, 0.05) is 45.1 Å². The summed E-state index contributed by atoms with van der Waals surface area (Å²) in [6.07, 6.45) is 4.26. The van der Waals surface area contributed by atoms with Crippen LogP contribution in [-0.2, 0) is 16.9 Å². The van der Waals surface area contributed by atoms with Gasteiger partial charge in [0.25, 0.3) is 0 Å². The quantitative estimate of drug-likeness (QED) is 0.533. The highest BCUT2D eigenvalue weighted by atomic mass is 32.2. The van der Waals surface area contributed by atoms with E-state index in [1.807, 2.05) is 23.9 Å². The fraction of sp³-hybridized carbons (Fsp3) is 0.480. The first-order valence-electron chi connectivity index (χ1n) is 11.3. The van der Waals surface area contributed by atoms with Crippen LogP contribution in [0, 0.1) is 5.82 Å². The summed E-state index contributed by atoms with van der Waals surface area (Å²) in [5, 5.41) is 1.16. The number of nitrogens with zero attached hydrogens (tertiary/aromatic N) is 3. The molecule has 166 valence electrons. The second-order valence-electron chi connectivity index (χ2n) is 8.34. The minimum atomic E-state index is -0.185. The molecule has 0 unspecified atom stereocenters. The van der Waals surface area contributed by atoms with Crippen molar-refractivity contribution in [2.75, 3.05) is 39.9 Å². The lowest BCUT2D eigenvalue weighted by Gasteiger charge is -2.38. The van der Waals surface area contributed by atoms with Crippen molar-refractivity contribution in [3.8, 4) is 0 Å². The SMILES string of the molecule is CN(C1=Nc2ccccc2CS1)C1CCN(CCCOCCc2ccc(F)cc2)CC1. The van der Waals surface area contributed by atoms with Gasteiger partial charge >= 0.3 is 0 Å². The summed E-state index contributed by atoms with van der Waals surface area (Å²) in [5.74, 6) is 0.828. The van der Waals surface area contributed by atoms with Gasteiger partial charge in [-0.25, -0.2) is 9.38 Å². The summed E-state index contributed by atoms with van der Waals surface area (Å²) in [6, 6.07) is 15.7. The van der Waals surface area contributed by atoms with E-state index in [9.17, 15) is 4.39 Å². The molecule has 0 bridgehead atoms. The van der Waals surface area contributed by atoms with Crippen LogP contribution in [0.15, 0.2) is 53.5 Å². The molecular formula is C25H32FN3OS. The molecular weight excluding hydrogens is 409 g/mol. The molecule has 0 atom stereocenters. The largest absolute Gasteiger partial charge is 0.381 e. The fourth-order valence-electron chi connectivity index (χ4n) is 4.22. The maximum Gasteiger partial charge on any atom is 0.164 e. The van der Waals surface area contributed by atoms with Gasteiger partial charge in [0.15, 0.2) is 5.17 Å². The van der Waals surface area contributed by atoms with Crippen LogP contribution < -0.4 is 0 Å². The summed E-state index contributed by atoms with van der Waals surface area (Å²) >= 11 is 1.86. The highest BCUT2D eigenvalue weighted by Gasteiger charge is 2.26. The average Bonchev–Trinajstić information content (AvgIpc) is 2.82. The predicted molar refractivity (Wildman–Crippen MR) is 128 cm³/mol. The highest BCUT2D eigenvalue weighted by Crippen LogP contribution is 2.32. The number of likely N-dealkylation sites (tertiary alicyclic amines) is 1. The van der Waals surface area contributed by atoms with E-state index in [1.54, 1.807) is 0 Å². The van der Waals surface area contributed by atoms with Gasteiger partial charge in [-0.15, -0.1) is 0 Å². The number of aliphatic imine (C=N–C) groups is 1. The minimum Gasteiger partial charge on any atom is -0.381 e. The second kappa shape index (κ2) is 11.1. The molecule has 2 aliphatic rings. The van der Waals surface area contributed by atoms with Gasteiger partial charge in [0.2, 0.25) is 0 Å². The van der Waals surface area contributed by atoms with E-state index in [0.717, 1.165) is 61.3 Å². The number of halogens is 1. The predicted octanol–water partition coefficient (Wildman–Crippen LogP) is 5.11. The molecule has 4 rings (SSSR count). The molecule has 0 aliphatic carbocycles. The maximum atomic E-state index is 12.9. The van der Waals surface area contributed by atoms with Crippen LogP contribution in [0.25, 0.3) is 0 Å². The van der Waals surface area contributed by atoms with Gasteiger partial charge in [0.05, 0.1) is 12.3 Å². The molecule has 0 aromatic heterocycles. The van der Waals surface area contributed by atoms with Crippen molar-refractivity contribution >= 4 is 22.6 Å². The summed E-state index contributed by atoms with van der Waals surface area (Å²) in [7, 11) is 2.20. The Balaban J connectivity index is 1.12. The number of hydrogen-bond acceptors (Lipinski definition) is 5. The zero-order chi connectivity index (χ0) is 21.5. The van der Waals surface area contributed by atoms with Crippen LogP contribution >= 0.6 is 11.8 Å². The van der Waals surface area contributed by atoms with Crippen molar-refractivity contribution in [1.29, 1.82) is 0 Å². The lowest BCUT2D eigenvalue weighted by molar-refractivity contribution is 0.111. The van der Waals surface area contributed by atoms with Crippen molar-refractivity contribution < 1.29 is 9.13 Å². The molecule has 0 spiro atoms. The number of para-hydroxylation sites is 1. The van der Waals surface area contributed by atoms with Crippen LogP contribution in [0.4, 0.5) is 10.1 Å². The lowest BCUT2D eigenvalue weighted by Crippen LogP contribution is -2.45. The number of thioether (sulfide) groups is 1. The molecule has 4 nitrogen and oxygen atoms in total. The van der Waals surface area contributed by atoms with E-state index >= 15 is 0 Å². The Morgan fingerprint density at radius 2 is 1.87 bits per heavy atom. The standard InChI is InChI=1S/C25H32FN3OS/c1-28(25-27-24-6-3-2-5-21(24)19-31-25)23-11-15-29(16-12-23)14-4-17-30-18-13-20-7-9-22(26)10-8-20/h2-3,5-10,23H,4,11-19H2,1H3. The van der Waals surface area contributed by atoms with Crippen molar-refractivity contribution in [3.63, 3.8) is 0 Å². The normalized spacial score (nSPS) is 17.3. The average molecular weight is 442 g/mol. The van der Waals surface area contributed by atoms with Crippen molar-refractivity contribution in [2.24, 2.45) is 4.99 Å². The number of ether oxygens (including phenoxy) is 1. The fourth-order valence-corrected chi connectivity index (χ4v) is 5.26. The van der Waals surface area contributed by atoms with Crippen LogP contribution in [0.2, 0.25) is 0 Å². The number of piperidine rings is 1. The molecule has 2 aromatic rings. The van der Waals surface area contributed by atoms with Crippen molar-refractivity contribution in [2.45, 2.75) is 37.5 Å². The summed E-state index contributed by atoms with van der Waals surface area (Å²) in [6.45, 7) is 4.85. The summed E-state index contributed by atoms with van der Waals surface area (Å²) in [5.41, 5.74) is 3.58. The Hall–Kier alpha value is -1.89. The van der Waals surface area contributed by atoms with Crippen LogP contribution in [0.1, 0.15) is 30.4 Å². The van der Waals surface area contributed by atoms with E-state index in [4.69, 9.17) is 9.73 Å². The molecule has 1 fully saturated rings. The molecule has 2 aliphatic heterocycles. The summed E-state index contributed by atoms with van der Waals surface area (Å²) < 4.78 is 18.7. The van der Waals surface area contributed by atoms with Gasteiger partial charge in [0.1, 0.15) is 5.82 Å². The Morgan fingerprint density at radius 1 is 1.10 bits per heavy atom. The number of amidine groups is 1. The zero-order valence-electron chi connectivity index (χ0n) is 18.3. The highest BCUT2D eigenvalue weighted by molar-refractivity contribution is 8.13. The third kappa shape index (κ3) is 6.31. The molecule has 2 aromatic carbocycles.